The van der Waals surface area contributed by atoms with Crippen molar-refractivity contribution in [3.8, 4) is 0 Å². The van der Waals surface area contributed by atoms with E-state index in [1.54, 1.807) is 0 Å². The molecule has 0 atom stereocenters. The molecule has 0 aromatic carbocycles. The Kier molecular flexibility index (Phi) is 4.90. The lowest BCUT2D eigenvalue weighted by Gasteiger charge is -2.09. The normalized spacial score (nSPS) is 11.2. The van der Waals surface area contributed by atoms with Gasteiger partial charge in [-0.1, -0.05) is 0 Å². The van der Waals surface area contributed by atoms with E-state index >= 15 is 0 Å². The van der Waals surface area contributed by atoms with Gasteiger partial charge in [0.2, 0.25) is 11.9 Å². The molecule has 1 aromatic heterocycles. The average Bonchev–Trinajstić information content (AvgIpc) is 2.26. The van der Waals surface area contributed by atoms with Crippen molar-refractivity contribution in [2.45, 2.75) is 19.5 Å². The molecular formula is C10H13F3N4O2. The zero-order chi connectivity index (χ0) is 14.5. The zero-order valence-electron chi connectivity index (χ0n) is 10.1. The lowest BCUT2D eigenvalue weighted by atomic mass is 10.4. The van der Waals surface area contributed by atoms with Crippen molar-refractivity contribution >= 4 is 11.9 Å². The van der Waals surface area contributed by atoms with Gasteiger partial charge in [0.15, 0.2) is 5.69 Å². The molecule has 0 unspecified atom stereocenters. The summed E-state index contributed by atoms with van der Waals surface area (Å²) >= 11 is 0. The molecule has 0 aliphatic rings. The van der Waals surface area contributed by atoms with Gasteiger partial charge in [0.25, 0.3) is 5.56 Å². The highest BCUT2D eigenvalue weighted by atomic mass is 19.4. The molecule has 0 bridgehead atoms. The van der Waals surface area contributed by atoms with E-state index in [-0.39, 0.29) is 18.4 Å². The first-order valence-electron chi connectivity index (χ1n) is 5.46. The topological polar surface area (TPSA) is 86.9 Å². The number of hydrogen-bond acceptors (Lipinski definition) is 4. The molecule has 9 heteroatoms. The zero-order valence-corrected chi connectivity index (χ0v) is 10.1. The number of hydrogen-bond donors (Lipinski definition) is 3. The minimum absolute atomic E-state index is 0.189. The molecule has 1 aromatic rings. The van der Waals surface area contributed by atoms with E-state index in [2.05, 4.69) is 20.6 Å². The van der Waals surface area contributed by atoms with E-state index in [9.17, 15) is 22.8 Å². The van der Waals surface area contributed by atoms with E-state index in [1.165, 1.54) is 6.92 Å². The highest BCUT2D eigenvalue weighted by Crippen LogP contribution is 2.26. The van der Waals surface area contributed by atoms with Crippen molar-refractivity contribution < 1.29 is 18.0 Å². The van der Waals surface area contributed by atoms with Crippen LogP contribution in [0.15, 0.2) is 10.9 Å². The largest absolute Gasteiger partial charge is 0.433 e. The molecule has 3 N–H and O–H groups in total. The van der Waals surface area contributed by atoms with Gasteiger partial charge in [-0.2, -0.15) is 13.2 Å². The Morgan fingerprint density at radius 1 is 1.42 bits per heavy atom. The van der Waals surface area contributed by atoms with Crippen LogP contribution in [0.4, 0.5) is 19.1 Å². The van der Waals surface area contributed by atoms with Gasteiger partial charge in [-0.25, -0.2) is 4.98 Å². The minimum Gasteiger partial charge on any atom is -0.356 e. The number of aromatic amines is 1. The summed E-state index contributed by atoms with van der Waals surface area (Å²) in [4.78, 5) is 27.0. The predicted molar refractivity (Wildman–Crippen MR) is 61.7 cm³/mol. The molecule has 0 saturated carbocycles. The summed E-state index contributed by atoms with van der Waals surface area (Å²) in [6.07, 6.45) is -4.18. The van der Waals surface area contributed by atoms with Crippen LogP contribution < -0.4 is 16.2 Å². The third-order valence-electron chi connectivity index (χ3n) is 2.05. The summed E-state index contributed by atoms with van der Waals surface area (Å²) in [5, 5.41) is 5.08. The number of rotatable bonds is 5. The van der Waals surface area contributed by atoms with Crippen molar-refractivity contribution in [1.29, 1.82) is 0 Å². The third-order valence-corrected chi connectivity index (χ3v) is 2.05. The fourth-order valence-electron chi connectivity index (χ4n) is 1.25. The number of anilines is 1. The van der Waals surface area contributed by atoms with Crippen LogP contribution in [-0.2, 0) is 11.0 Å². The van der Waals surface area contributed by atoms with E-state index < -0.39 is 17.4 Å². The van der Waals surface area contributed by atoms with Gasteiger partial charge in [-0.15, -0.1) is 0 Å². The number of halogens is 3. The number of nitrogens with zero attached hydrogens (tertiary/aromatic N) is 1. The summed E-state index contributed by atoms with van der Waals surface area (Å²) in [6, 6.07) is 0.391. The van der Waals surface area contributed by atoms with Crippen molar-refractivity contribution in [3.63, 3.8) is 0 Å². The van der Waals surface area contributed by atoms with Crippen LogP contribution in [0.25, 0.3) is 0 Å². The maximum absolute atomic E-state index is 12.4. The number of alkyl halides is 3. The maximum Gasteiger partial charge on any atom is 0.433 e. The molecular weight excluding hydrogens is 265 g/mol. The molecule has 6 nitrogen and oxygen atoms in total. The Morgan fingerprint density at radius 3 is 2.68 bits per heavy atom. The second-order valence-electron chi connectivity index (χ2n) is 3.74. The van der Waals surface area contributed by atoms with Gasteiger partial charge in [0, 0.05) is 26.1 Å². The minimum atomic E-state index is -4.67. The van der Waals surface area contributed by atoms with Crippen molar-refractivity contribution in [2.24, 2.45) is 0 Å². The van der Waals surface area contributed by atoms with Crippen LogP contribution in [0, 0.1) is 0 Å². The second kappa shape index (κ2) is 6.21. The number of carbonyl (C=O) groups is 1. The molecule has 0 spiro atoms. The Bertz CT molecular complexity index is 498. The van der Waals surface area contributed by atoms with Crippen LogP contribution in [0.1, 0.15) is 19.0 Å². The number of aromatic nitrogens is 2. The SMILES string of the molecule is CC(=O)NCCCNc1nc(C(F)(F)F)cc(=O)[nH]1. The van der Waals surface area contributed by atoms with Crippen molar-refractivity contribution in [1.82, 2.24) is 15.3 Å². The Balaban J connectivity index is 2.57. The molecule has 0 aliphatic heterocycles. The Hall–Kier alpha value is -2.06. The fraction of sp³-hybridized carbons (Fsp3) is 0.500. The van der Waals surface area contributed by atoms with Gasteiger partial charge in [-0.3, -0.25) is 14.6 Å². The first-order valence-corrected chi connectivity index (χ1v) is 5.46. The Labute approximate surface area is 106 Å². The van der Waals surface area contributed by atoms with E-state index in [0.29, 0.717) is 19.0 Å². The summed E-state index contributed by atoms with van der Waals surface area (Å²) in [5.41, 5.74) is -2.13. The lowest BCUT2D eigenvalue weighted by molar-refractivity contribution is -0.141. The highest BCUT2D eigenvalue weighted by Gasteiger charge is 2.33. The van der Waals surface area contributed by atoms with Crippen LogP contribution in [0.2, 0.25) is 0 Å². The molecule has 0 fully saturated rings. The first-order chi connectivity index (χ1) is 8.79. The van der Waals surface area contributed by atoms with Crippen LogP contribution in [-0.4, -0.2) is 29.0 Å². The van der Waals surface area contributed by atoms with E-state index in [4.69, 9.17) is 0 Å². The van der Waals surface area contributed by atoms with Crippen LogP contribution in [0.3, 0.4) is 0 Å². The number of nitrogens with one attached hydrogen (secondary N) is 3. The van der Waals surface area contributed by atoms with Gasteiger partial charge in [0.05, 0.1) is 0 Å². The van der Waals surface area contributed by atoms with Gasteiger partial charge >= 0.3 is 6.18 Å². The first kappa shape index (κ1) is 15.0. The summed E-state index contributed by atoms with van der Waals surface area (Å²) in [5.74, 6) is -0.437. The molecule has 0 aliphatic carbocycles. The maximum atomic E-state index is 12.4. The number of amides is 1. The molecule has 0 radical (unpaired) electrons. The van der Waals surface area contributed by atoms with Crippen molar-refractivity contribution in [3.05, 3.63) is 22.1 Å². The van der Waals surface area contributed by atoms with Crippen LogP contribution >= 0.6 is 0 Å². The molecule has 19 heavy (non-hydrogen) atoms. The molecule has 0 saturated heterocycles. The molecule has 1 rings (SSSR count). The van der Waals surface area contributed by atoms with Crippen molar-refractivity contribution in [2.75, 3.05) is 18.4 Å². The van der Waals surface area contributed by atoms with Gasteiger partial charge in [0.1, 0.15) is 0 Å². The fourth-order valence-corrected chi connectivity index (χ4v) is 1.25. The standard InChI is InChI=1S/C10H13F3N4O2/c1-6(18)14-3-2-4-15-9-16-7(10(11,12)13)5-8(19)17-9/h5H,2-4H2,1H3,(H,14,18)(H2,15,16,17,19). The smallest absolute Gasteiger partial charge is 0.356 e. The Morgan fingerprint density at radius 2 is 2.11 bits per heavy atom. The molecule has 1 heterocycles. The van der Waals surface area contributed by atoms with E-state index in [1.807, 2.05) is 0 Å². The molecule has 1 amide bonds. The predicted octanol–water partition coefficient (Wildman–Crippen LogP) is 0.727. The number of carbonyl (C=O) groups excluding carboxylic acids is 1. The highest BCUT2D eigenvalue weighted by molar-refractivity contribution is 5.72. The number of H-pyrrole nitrogens is 1. The third kappa shape index (κ3) is 5.40. The van der Waals surface area contributed by atoms with Gasteiger partial charge in [-0.05, 0) is 6.42 Å². The molecule has 106 valence electrons. The monoisotopic (exact) mass is 278 g/mol. The van der Waals surface area contributed by atoms with E-state index in [0.717, 1.165) is 0 Å². The summed E-state index contributed by atoms with van der Waals surface area (Å²) in [7, 11) is 0. The summed E-state index contributed by atoms with van der Waals surface area (Å²) in [6.45, 7) is 2.01. The lowest BCUT2D eigenvalue weighted by Crippen LogP contribution is -2.24. The van der Waals surface area contributed by atoms with Gasteiger partial charge < -0.3 is 10.6 Å². The average molecular weight is 278 g/mol. The second-order valence-corrected chi connectivity index (χ2v) is 3.74. The van der Waals surface area contributed by atoms with Crippen LogP contribution in [0.5, 0.6) is 0 Å². The summed E-state index contributed by atoms with van der Waals surface area (Å²) < 4.78 is 37.2. The quantitative estimate of drug-likeness (QED) is 0.693.